The number of ether oxygens (including phenoxy) is 2. The van der Waals surface area contributed by atoms with Crippen molar-refractivity contribution in [3.63, 3.8) is 0 Å². The molecule has 3 aromatic rings. The van der Waals surface area contributed by atoms with Crippen LogP contribution in [-0.4, -0.2) is 41.7 Å². The number of benzene rings is 3. The van der Waals surface area contributed by atoms with Gasteiger partial charge < -0.3 is 25.0 Å². The zero-order chi connectivity index (χ0) is 24.1. The zero-order valence-electron chi connectivity index (χ0n) is 19.5. The molecule has 3 aromatic carbocycles. The first-order chi connectivity index (χ1) is 16.5. The minimum Gasteiger partial charge on any atom is -0.491 e. The number of aliphatic hydroxyl groups excluding tert-OH is 2. The van der Waals surface area contributed by atoms with Crippen molar-refractivity contribution in [3.05, 3.63) is 89.5 Å². The maximum Gasteiger partial charge on any atom is 0.407 e. The van der Waals surface area contributed by atoms with Crippen molar-refractivity contribution >= 4 is 6.09 Å². The number of carbonyl (C=O) groups excluding carboxylic acids is 1. The van der Waals surface area contributed by atoms with Crippen molar-refractivity contribution in [3.8, 4) is 16.9 Å². The summed E-state index contributed by atoms with van der Waals surface area (Å²) in [6.07, 6.45) is -2.63. The molecule has 1 aliphatic rings. The predicted molar refractivity (Wildman–Crippen MR) is 131 cm³/mol. The molecule has 3 N–H and O–H groups in total. The molecule has 1 amide bonds. The van der Waals surface area contributed by atoms with E-state index in [0.29, 0.717) is 11.3 Å². The van der Waals surface area contributed by atoms with Gasteiger partial charge in [-0.2, -0.15) is 0 Å². The minimum atomic E-state index is -1.13. The third-order valence-corrected chi connectivity index (χ3v) is 6.02. The molecule has 0 heterocycles. The number of carbonyl (C=O) groups is 1. The van der Waals surface area contributed by atoms with Gasteiger partial charge in [0.2, 0.25) is 0 Å². The SMILES string of the molecule is CC(C)Oc1ccccc1C(O)C(O)CCNC(=O)OCC1c2ccccc2-c2ccccc21. The smallest absolute Gasteiger partial charge is 0.407 e. The summed E-state index contributed by atoms with van der Waals surface area (Å²) < 4.78 is 11.2. The number of nitrogens with one attached hydrogen (secondary N) is 1. The van der Waals surface area contributed by atoms with Crippen LogP contribution >= 0.6 is 0 Å². The van der Waals surface area contributed by atoms with E-state index in [1.807, 2.05) is 44.2 Å². The number of hydrogen-bond acceptors (Lipinski definition) is 5. The van der Waals surface area contributed by atoms with Crippen molar-refractivity contribution in [2.45, 2.75) is 44.5 Å². The lowest BCUT2D eigenvalue weighted by Gasteiger charge is -2.22. The minimum absolute atomic E-state index is 0.0111. The number of aliphatic hydroxyl groups is 2. The second kappa shape index (κ2) is 10.7. The van der Waals surface area contributed by atoms with Crippen molar-refractivity contribution in [2.75, 3.05) is 13.2 Å². The lowest BCUT2D eigenvalue weighted by Crippen LogP contribution is -2.30. The van der Waals surface area contributed by atoms with E-state index in [0.717, 1.165) is 11.1 Å². The largest absolute Gasteiger partial charge is 0.491 e. The standard InChI is InChI=1S/C28H31NO5/c1-18(2)34-26-14-8-7-13-23(26)27(31)25(30)15-16-29-28(32)33-17-24-21-11-5-3-9-19(21)20-10-4-6-12-22(20)24/h3-14,18,24-25,27,30-31H,15-17H2,1-2H3,(H,29,32). The van der Waals surface area contributed by atoms with E-state index >= 15 is 0 Å². The lowest BCUT2D eigenvalue weighted by atomic mass is 9.98. The normalized spacial score (nSPS) is 14.3. The second-order valence-electron chi connectivity index (χ2n) is 8.76. The summed E-state index contributed by atoms with van der Waals surface area (Å²) in [5, 5.41) is 23.7. The van der Waals surface area contributed by atoms with Crippen molar-refractivity contribution in [2.24, 2.45) is 0 Å². The highest BCUT2D eigenvalue weighted by Gasteiger charge is 2.29. The van der Waals surface area contributed by atoms with E-state index in [4.69, 9.17) is 9.47 Å². The van der Waals surface area contributed by atoms with Crippen LogP contribution in [0.4, 0.5) is 4.79 Å². The summed E-state index contributed by atoms with van der Waals surface area (Å²) >= 11 is 0. The molecule has 2 unspecified atom stereocenters. The van der Waals surface area contributed by atoms with Gasteiger partial charge in [-0.05, 0) is 48.6 Å². The van der Waals surface area contributed by atoms with Crippen LogP contribution in [0.25, 0.3) is 11.1 Å². The highest BCUT2D eigenvalue weighted by molar-refractivity contribution is 5.79. The summed E-state index contributed by atoms with van der Waals surface area (Å²) in [7, 11) is 0. The Hall–Kier alpha value is -3.35. The van der Waals surface area contributed by atoms with Gasteiger partial charge in [0.15, 0.2) is 0 Å². The molecule has 0 aliphatic heterocycles. The Kier molecular flexibility index (Phi) is 7.50. The molecule has 0 fully saturated rings. The monoisotopic (exact) mass is 461 g/mol. The van der Waals surface area contributed by atoms with E-state index in [1.54, 1.807) is 18.2 Å². The summed E-state index contributed by atoms with van der Waals surface area (Å²) in [6, 6.07) is 23.4. The average molecular weight is 462 g/mol. The molecule has 0 radical (unpaired) electrons. The van der Waals surface area contributed by atoms with Crippen LogP contribution in [0.5, 0.6) is 5.75 Å². The molecule has 34 heavy (non-hydrogen) atoms. The molecule has 2 atom stereocenters. The van der Waals surface area contributed by atoms with E-state index in [2.05, 4.69) is 29.6 Å². The molecule has 0 bridgehead atoms. The van der Waals surface area contributed by atoms with E-state index in [-0.39, 0.29) is 31.6 Å². The number of amides is 1. The number of rotatable bonds is 9. The zero-order valence-corrected chi connectivity index (χ0v) is 19.5. The maximum absolute atomic E-state index is 12.3. The van der Waals surface area contributed by atoms with Gasteiger partial charge in [0, 0.05) is 18.0 Å². The summed E-state index contributed by atoms with van der Waals surface area (Å²) in [5.74, 6) is 0.525. The predicted octanol–water partition coefficient (Wildman–Crippen LogP) is 4.80. The van der Waals surface area contributed by atoms with Crippen molar-refractivity contribution in [1.29, 1.82) is 0 Å². The molecule has 0 spiro atoms. The second-order valence-corrected chi connectivity index (χ2v) is 8.76. The van der Waals surface area contributed by atoms with E-state index < -0.39 is 18.3 Å². The average Bonchev–Trinajstić information content (AvgIpc) is 3.16. The third kappa shape index (κ3) is 5.24. The van der Waals surface area contributed by atoms with Gasteiger partial charge in [-0.25, -0.2) is 4.79 Å². The van der Waals surface area contributed by atoms with Crippen LogP contribution in [0.3, 0.4) is 0 Å². The van der Waals surface area contributed by atoms with E-state index in [9.17, 15) is 15.0 Å². The molecular formula is C28H31NO5. The summed E-state index contributed by atoms with van der Waals surface area (Å²) in [6.45, 7) is 4.20. The number of hydrogen-bond donors (Lipinski definition) is 3. The number of alkyl carbamates (subject to hydrolysis) is 1. The maximum atomic E-state index is 12.3. The van der Waals surface area contributed by atoms with Crippen molar-refractivity contribution < 1.29 is 24.5 Å². The van der Waals surface area contributed by atoms with Crippen LogP contribution in [0.15, 0.2) is 72.8 Å². The molecular weight excluding hydrogens is 430 g/mol. The highest BCUT2D eigenvalue weighted by Crippen LogP contribution is 2.44. The van der Waals surface area contributed by atoms with Crippen molar-refractivity contribution in [1.82, 2.24) is 5.32 Å². The Bertz CT molecular complexity index is 1080. The topological polar surface area (TPSA) is 88.0 Å². The molecule has 6 nitrogen and oxygen atoms in total. The van der Waals surface area contributed by atoms with E-state index in [1.165, 1.54) is 11.1 Å². The van der Waals surface area contributed by atoms with Gasteiger partial charge in [0.25, 0.3) is 0 Å². The first-order valence-electron chi connectivity index (χ1n) is 11.7. The quantitative estimate of drug-likeness (QED) is 0.426. The first kappa shape index (κ1) is 23.8. The molecule has 4 rings (SSSR count). The molecule has 1 aliphatic carbocycles. The van der Waals surface area contributed by atoms with Gasteiger partial charge >= 0.3 is 6.09 Å². The van der Waals surface area contributed by atoms with Gasteiger partial charge in [0.05, 0.1) is 12.2 Å². The molecule has 0 aromatic heterocycles. The van der Waals surface area contributed by atoms with Crippen LogP contribution in [0.1, 0.15) is 49.0 Å². The summed E-state index contributed by atoms with van der Waals surface area (Å²) in [4.78, 5) is 12.3. The molecule has 178 valence electrons. The lowest BCUT2D eigenvalue weighted by molar-refractivity contribution is 0.0115. The van der Waals surface area contributed by atoms with Gasteiger partial charge in [0.1, 0.15) is 18.5 Å². The van der Waals surface area contributed by atoms with Gasteiger partial charge in [-0.15, -0.1) is 0 Å². The number of fused-ring (bicyclic) bond motifs is 3. The Morgan fingerprint density at radius 2 is 1.50 bits per heavy atom. The number of para-hydroxylation sites is 1. The van der Waals surface area contributed by atoms with Crippen LogP contribution in [0.2, 0.25) is 0 Å². The fourth-order valence-corrected chi connectivity index (χ4v) is 4.42. The highest BCUT2D eigenvalue weighted by atomic mass is 16.5. The fourth-order valence-electron chi connectivity index (χ4n) is 4.42. The Balaban J connectivity index is 1.28. The fraction of sp³-hybridized carbons (Fsp3) is 0.321. The molecule has 6 heteroatoms. The Morgan fingerprint density at radius 1 is 0.912 bits per heavy atom. The van der Waals surface area contributed by atoms with Gasteiger partial charge in [-0.1, -0.05) is 66.7 Å². The summed E-state index contributed by atoms with van der Waals surface area (Å²) in [5.41, 5.74) is 5.16. The van der Waals surface area contributed by atoms with Crippen LogP contribution in [-0.2, 0) is 4.74 Å². The Morgan fingerprint density at radius 3 is 2.15 bits per heavy atom. The third-order valence-electron chi connectivity index (χ3n) is 6.02. The van der Waals surface area contributed by atoms with Crippen LogP contribution < -0.4 is 10.1 Å². The first-order valence-corrected chi connectivity index (χ1v) is 11.7. The molecule has 0 saturated carbocycles. The van der Waals surface area contributed by atoms with Crippen LogP contribution in [0, 0.1) is 0 Å². The Labute approximate surface area is 200 Å². The van der Waals surface area contributed by atoms with Gasteiger partial charge in [-0.3, -0.25) is 0 Å². The molecule has 0 saturated heterocycles.